The van der Waals surface area contributed by atoms with Crippen molar-refractivity contribution in [1.29, 1.82) is 0 Å². The van der Waals surface area contributed by atoms with E-state index in [0.717, 1.165) is 17.7 Å². The third kappa shape index (κ3) is 4.76. The Morgan fingerprint density at radius 1 is 1.11 bits per heavy atom. The van der Waals surface area contributed by atoms with Crippen molar-refractivity contribution in [2.45, 2.75) is 18.1 Å². The maximum absolute atomic E-state index is 14.1. The molecular weight excluding hydrogens is 384 g/mol. The first kappa shape index (κ1) is 20.5. The second-order valence-corrected chi connectivity index (χ2v) is 7.87. The van der Waals surface area contributed by atoms with Gasteiger partial charge in [0.15, 0.2) is 11.5 Å². The summed E-state index contributed by atoms with van der Waals surface area (Å²) >= 11 is 1.56. The van der Waals surface area contributed by atoms with E-state index in [1.165, 1.54) is 6.07 Å². The van der Waals surface area contributed by atoms with Gasteiger partial charge in [-0.2, -0.15) is 11.8 Å². The average Bonchev–Trinajstić information content (AvgIpc) is 2.96. The number of methoxy groups -OCH3 is 2. The minimum Gasteiger partial charge on any atom is -0.493 e. The number of carbonyl (C=O) groups is 1. The number of nitrogens with zero attached hydrogens (tertiary/aromatic N) is 1. The molecule has 1 amide bonds. The lowest BCUT2D eigenvalue weighted by atomic mass is 10.1. The number of hydrogen-bond donors (Lipinski definition) is 0. The van der Waals surface area contributed by atoms with E-state index in [1.807, 2.05) is 6.07 Å². The molecule has 7 heteroatoms. The van der Waals surface area contributed by atoms with Gasteiger partial charge in [0.25, 0.3) is 0 Å². The van der Waals surface area contributed by atoms with Crippen molar-refractivity contribution in [2.24, 2.45) is 0 Å². The molecule has 0 aromatic heterocycles. The lowest BCUT2D eigenvalue weighted by Gasteiger charge is -2.21. The van der Waals surface area contributed by atoms with Crippen molar-refractivity contribution in [2.75, 3.05) is 33.1 Å². The zero-order chi connectivity index (χ0) is 20.1. The molecule has 1 aliphatic rings. The molecule has 150 valence electrons. The van der Waals surface area contributed by atoms with Crippen LogP contribution in [0.5, 0.6) is 11.5 Å². The van der Waals surface area contributed by atoms with Crippen LogP contribution in [0.3, 0.4) is 0 Å². The lowest BCUT2D eigenvalue weighted by molar-refractivity contribution is -0.130. The van der Waals surface area contributed by atoms with Gasteiger partial charge in [0.2, 0.25) is 5.91 Å². The van der Waals surface area contributed by atoms with Gasteiger partial charge in [0.05, 0.1) is 20.6 Å². The molecule has 0 aliphatic carbocycles. The Morgan fingerprint density at radius 3 is 2.64 bits per heavy atom. The van der Waals surface area contributed by atoms with E-state index in [4.69, 9.17) is 9.47 Å². The van der Waals surface area contributed by atoms with Crippen LogP contribution in [0.1, 0.15) is 22.8 Å². The topological polar surface area (TPSA) is 38.8 Å². The summed E-state index contributed by atoms with van der Waals surface area (Å²) in [4.78, 5) is 14.5. The van der Waals surface area contributed by atoms with E-state index in [1.54, 1.807) is 43.0 Å². The van der Waals surface area contributed by atoms with Gasteiger partial charge < -0.3 is 14.4 Å². The molecule has 4 nitrogen and oxygen atoms in total. The molecule has 2 aromatic carbocycles. The van der Waals surface area contributed by atoms with Crippen molar-refractivity contribution in [1.82, 2.24) is 4.90 Å². The summed E-state index contributed by atoms with van der Waals surface area (Å²) in [5, 5.41) is -0.158. The average molecular weight is 407 g/mol. The lowest BCUT2D eigenvalue weighted by Crippen LogP contribution is -2.34. The molecular formula is C21H23F2NO3S. The summed E-state index contributed by atoms with van der Waals surface area (Å²) in [6.45, 7) is 1.10. The van der Waals surface area contributed by atoms with Crippen molar-refractivity contribution >= 4 is 17.7 Å². The van der Waals surface area contributed by atoms with E-state index in [-0.39, 0.29) is 17.6 Å². The third-order valence-corrected chi connectivity index (χ3v) is 6.11. The molecule has 0 saturated carbocycles. The van der Waals surface area contributed by atoms with Crippen LogP contribution in [-0.2, 0) is 11.2 Å². The zero-order valence-electron chi connectivity index (χ0n) is 15.9. The Kier molecular flexibility index (Phi) is 6.78. The molecule has 1 heterocycles. The van der Waals surface area contributed by atoms with E-state index in [9.17, 15) is 13.6 Å². The molecule has 0 radical (unpaired) electrons. The van der Waals surface area contributed by atoms with E-state index in [2.05, 4.69) is 0 Å². The molecule has 1 saturated heterocycles. The van der Waals surface area contributed by atoms with Crippen molar-refractivity contribution in [3.63, 3.8) is 0 Å². The zero-order valence-corrected chi connectivity index (χ0v) is 16.7. The smallest absolute Gasteiger partial charge is 0.227 e. The predicted molar refractivity (Wildman–Crippen MR) is 106 cm³/mol. The van der Waals surface area contributed by atoms with E-state index in [0.29, 0.717) is 42.3 Å². The van der Waals surface area contributed by atoms with Gasteiger partial charge in [-0.25, -0.2) is 8.78 Å². The van der Waals surface area contributed by atoms with Crippen molar-refractivity contribution in [3.05, 3.63) is 59.2 Å². The van der Waals surface area contributed by atoms with Crippen LogP contribution in [0.2, 0.25) is 0 Å². The molecule has 2 aromatic rings. The Morgan fingerprint density at radius 2 is 1.89 bits per heavy atom. The number of carbonyl (C=O) groups excluding carboxylic acids is 1. The molecule has 1 fully saturated rings. The van der Waals surface area contributed by atoms with Crippen LogP contribution in [0.15, 0.2) is 36.4 Å². The first-order valence-corrected chi connectivity index (χ1v) is 10.1. The highest BCUT2D eigenvalue weighted by atomic mass is 32.2. The summed E-state index contributed by atoms with van der Waals surface area (Å²) < 4.78 is 38.1. The Balaban J connectivity index is 1.65. The summed E-state index contributed by atoms with van der Waals surface area (Å²) in [6, 6.07) is 8.97. The van der Waals surface area contributed by atoms with Gasteiger partial charge in [0, 0.05) is 29.7 Å². The number of thioether (sulfide) groups is 1. The van der Waals surface area contributed by atoms with Gasteiger partial charge in [-0.3, -0.25) is 4.79 Å². The normalized spacial score (nSPS) is 17.1. The first-order valence-electron chi connectivity index (χ1n) is 9.07. The standard InChI is InChI=1S/C21H23F2NO3S/c1-26-18-6-3-14(11-19(18)27-2)12-21(25)24-8-7-20(28-10-9-24)16-13-15(22)4-5-17(16)23/h3-6,11,13,20H,7-10,12H2,1-2H3. The molecule has 28 heavy (non-hydrogen) atoms. The highest BCUT2D eigenvalue weighted by Crippen LogP contribution is 2.36. The van der Waals surface area contributed by atoms with E-state index < -0.39 is 11.6 Å². The van der Waals surface area contributed by atoms with Crippen LogP contribution in [0.4, 0.5) is 8.78 Å². The SMILES string of the molecule is COc1ccc(CC(=O)N2CCSC(c3cc(F)ccc3F)CC2)cc1OC. The number of ether oxygens (including phenoxy) is 2. The number of halogens is 2. The second-order valence-electron chi connectivity index (χ2n) is 6.56. The van der Waals surface area contributed by atoms with Gasteiger partial charge in [-0.1, -0.05) is 6.07 Å². The number of rotatable bonds is 5. The van der Waals surface area contributed by atoms with Gasteiger partial charge in [-0.05, 0) is 42.3 Å². The van der Waals surface area contributed by atoms with Crippen LogP contribution in [0, 0.1) is 11.6 Å². The number of benzene rings is 2. The van der Waals surface area contributed by atoms with E-state index >= 15 is 0 Å². The van der Waals surface area contributed by atoms with Crippen LogP contribution >= 0.6 is 11.8 Å². The van der Waals surface area contributed by atoms with Crippen LogP contribution in [-0.4, -0.2) is 43.9 Å². The Bertz CT molecular complexity index is 846. The molecule has 1 unspecified atom stereocenters. The highest BCUT2D eigenvalue weighted by Gasteiger charge is 2.24. The summed E-state index contributed by atoms with van der Waals surface area (Å²) in [7, 11) is 3.12. The molecule has 0 spiro atoms. The Hall–Kier alpha value is -2.28. The monoisotopic (exact) mass is 407 g/mol. The first-order chi connectivity index (χ1) is 13.5. The highest BCUT2D eigenvalue weighted by molar-refractivity contribution is 7.99. The van der Waals surface area contributed by atoms with Gasteiger partial charge >= 0.3 is 0 Å². The summed E-state index contributed by atoms with van der Waals surface area (Å²) in [5.41, 5.74) is 1.21. The van der Waals surface area contributed by atoms with Crippen LogP contribution < -0.4 is 9.47 Å². The van der Waals surface area contributed by atoms with Gasteiger partial charge in [-0.15, -0.1) is 0 Å². The molecule has 3 rings (SSSR count). The molecule has 1 atom stereocenters. The molecule has 1 aliphatic heterocycles. The third-order valence-electron chi connectivity index (χ3n) is 4.80. The maximum Gasteiger partial charge on any atom is 0.227 e. The fraction of sp³-hybridized carbons (Fsp3) is 0.381. The minimum atomic E-state index is -0.442. The predicted octanol–water partition coefficient (Wildman–Crippen LogP) is 4.23. The second kappa shape index (κ2) is 9.28. The molecule has 0 bridgehead atoms. The quantitative estimate of drug-likeness (QED) is 0.744. The number of hydrogen-bond acceptors (Lipinski definition) is 4. The van der Waals surface area contributed by atoms with Gasteiger partial charge in [0.1, 0.15) is 11.6 Å². The fourth-order valence-corrected chi connectivity index (χ4v) is 4.55. The Labute approximate surface area is 167 Å². The van der Waals surface area contributed by atoms with Crippen molar-refractivity contribution < 1.29 is 23.0 Å². The largest absolute Gasteiger partial charge is 0.493 e. The van der Waals surface area contributed by atoms with Crippen molar-refractivity contribution in [3.8, 4) is 11.5 Å². The summed E-state index contributed by atoms with van der Waals surface area (Å²) in [6.07, 6.45) is 0.840. The molecule has 0 N–H and O–H groups in total. The number of amides is 1. The fourth-order valence-electron chi connectivity index (χ4n) is 3.31. The minimum absolute atomic E-state index is 0.00758. The maximum atomic E-state index is 14.1. The van der Waals surface area contributed by atoms with Crippen LogP contribution in [0.25, 0.3) is 0 Å². The summed E-state index contributed by atoms with van der Waals surface area (Å²) in [5.74, 6) is 1.05.